The Hall–Kier alpha value is -7.29. The summed E-state index contributed by atoms with van der Waals surface area (Å²) < 4.78 is 37.9. The predicted molar refractivity (Wildman–Crippen MR) is 387 cm³/mol. The summed E-state index contributed by atoms with van der Waals surface area (Å²) in [5.41, 5.74) is 21.3. The average Bonchev–Trinajstić information content (AvgIpc) is 1.86. The predicted octanol–water partition coefficient (Wildman–Crippen LogP) is 22.7. The molecule has 93 heavy (non-hydrogen) atoms. The molecule has 0 spiro atoms. The van der Waals surface area contributed by atoms with Crippen molar-refractivity contribution in [3.8, 4) is 23.0 Å². The van der Waals surface area contributed by atoms with Gasteiger partial charge in [-0.05, 0) is 251 Å². The Balaban J connectivity index is 0.711. The molecule has 6 nitrogen and oxygen atoms in total. The van der Waals surface area contributed by atoms with E-state index in [1.807, 2.05) is 0 Å². The van der Waals surface area contributed by atoms with E-state index in [0.717, 1.165) is 152 Å². The van der Waals surface area contributed by atoms with Crippen LogP contribution >= 0.6 is 11.8 Å². The van der Waals surface area contributed by atoms with Gasteiger partial charge in [0.05, 0.1) is 26.4 Å². The molecule has 0 bridgehead atoms. The molecular weight excluding hydrogens is 1160 g/mol. The summed E-state index contributed by atoms with van der Waals surface area (Å²) in [6, 6.07) is 72.2. The van der Waals surface area contributed by atoms with Crippen LogP contribution in [0, 0.1) is 0 Å². The lowest BCUT2D eigenvalue weighted by Crippen LogP contribution is -2.25. The highest BCUT2D eigenvalue weighted by atomic mass is 32.2. The lowest BCUT2D eigenvalue weighted by Gasteiger charge is -2.27. The van der Waals surface area contributed by atoms with Crippen LogP contribution in [0.15, 0.2) is 194 Å². The standard InChI is InChI=1S/C86H98O6S/c1-85(2,3)69-43-35-63(36-44-69)79(31-13-17-55-87-71-47-39-65(40-48-71)83-75(61-23-9-7-10-24-61)29-21-27-67-59-73(51-53-77(67)83)91-81-33-15-19-57-89-81)93-80(64-37-45-70(46-38-64)86(4,5)6)32-14-18-56-88-72-49-41-66(42-50-72)84-76(62-25-11-8-12-26-62)30-22-28-68-60-74(52-54-78(68)84)92-82-34-16-20-58-90-82/h7-12,23-26,35-54,59-60,79-82H,13-22,27-34,55-58H2,1-6H3. The zero-order valence-electron chi connectivity index (χ0n) is 56.2. The van der Waals surface area contributed by atoms with E-state index in [0.29, 0.717) is 23.7 Å². The minimum absolute atomic E-state index is 0.0820. The van der Waals surface area contributed by atoms with Crippen LogP contribution in [0.1, 0.15) is 222 Å². The molecule has 0 N–H and O–H groups in total. The molecule has 0 amide bonds. The first-order valence-electron chi connectivity index (χ1n) is 35.1. The molecule has 2 fully saturated rings. The lowest BCUT2D eigenvalue weighted by atomic mass is 9.86. The number of hydrogen-bond donors (Lipinski definition) is 0. The topological polar surface area (TPSA) is 55.4 Å². The quantitative estimate of drug-likeness (QED) is 0.0559. The van der Waals surface area contributed by atoms with E-state index in [-0.39, 0.29) is 23.4 Å². The van der Waals surface area contributed by atoms with E-state index in [1.54, 1.807) is 0 Å². The third-order valence-electron chi connectivity index (χ3n) is 19.3. The van der Waals surface area contributed by atoms with E-state index in [4.69, 9.17) is 28.4 Å². The fourth-order valence-electron chi connectivity index (χ4n) is 14.0. The van der Waals surface area contributed by atoms with Crippen LogP contribution in [0.4, 0.5) is 0 Å². The van der Waals surface area contributed by atoms with Crippen LogP contribution in [-0.4, -0.2) is 39.0 Å². The molecule has 2 aliphatic heterocycles. The van der Waals surface area contributed by atoms with Crippen molar-refractivity contribution in [3.63, 3.8) is 0 Å². The second kappa shape index (κ2) is 31.3. The van der Waals surface area contributed by atoms with Gasteiger partial charge in [0.15, 0.2) is 12.6 Å². The number of allylic oxidation sites excluding steroid dienone is 2. The van der Waals surface area contributed by atoms with Gasteiger partial charge in [0, 0.05) is 23.3 Å². The van der Waals surface area contributed by atoms with Gasteiger partial charge in [0.2, 0.25) is 0 Å². The Kier molecular flexibility index (Phi) is 22.1. The number of benzene rings is 8. The second-order valence-corrected chi connectivity index (χ2v) is 29.6. The zero-order valence-corrected chi connectivity index (χ0v) is 57.0. The molecule has 2 heterocycles. The third kappa shape index (κ3) is 17.4. The number of hydrogen-bond acceptors (Lipinski definition) is 7. The van der Waals surface area contributed by atoms with Gasteiger partial charge in [-0.3, -0.25) is 0 Å². The summed E-state index contributed by atoms with van der Waals surface area (Å²) in [4.78, 5) is 0. The van der Waals surface area contributed by atoms with E-state index in [9.17, 15) is 0 Å². The van der Waals surface area contributed by atoms with Crippen LogP contribution in [0.25, 0.3) is 22.3 Å². The maximum atomic E-state index is 6.60. The van der Waals surface area contributed by atoms with Crippen LogP contribution in [-0.2, 0) is 33.1 Å². The summed E-state index contributed by atoms with van der Waals surface area (Å²) >= 11 is 2.15. The molecule has 4 aliphatic rings. The van der Waals surface area contributed by atoms with E-state index in [1.165, 1.54) is 89.1 Å². The van der Waals surface area contributed by atoms with Crippen LogP contribution < -0.4 is 18.9 Å². The lowest BCUT2D eigenvalue weighted by molar-refractivity contribution is -0.106. The Bertz CT molecular complexity index is 3480. The molecule has 484 valence electrons. The normalized spacial score (nSPS) is 17.7. The van der Waals surface area contributed by atoms with Gasteiger partial charge < -0.3 is 28.4 Å². The molecular formula is C86H98O6S. The average molecular weight is 1260 g/mol. The smallest absolute Gasteiger partial charge is 0.199 e. The van der Waals surface area contributed by atoms with Crippen molar-refractivity contribution in [1.82, 2.24) is 0 Å². The summed E-state index contributed by atoms with van der Waals surface area (Å²) in [5.74, 6) is 3.63. The van der Waals surface area contributed by atoms with Gasteiger partial charge in [0.1, 0.15) is 23.0 Å². The summed E-state index contributed by atoms with van der Waals surface area (Å²) in [6.45, 7) is 16.7. The van der Waals surface area contributed by atoms with Crippen LogP contribution in [0.2, 0.25) is 0 Å². The van der Waals surface area contributed by atoms with Gasteiger partial charge in [0.25, 0.3) is 0 Å². The first-order chi connectivity index (χ1) is 45.4. The molecule has 4 atom stereocenters. The minimum Gasteiger partial charge on any atom is -0.494 e. The zero-order chi connectivity index (χ0) is 64.0. The molecule has 0 saturated carbocycles. The summed E-state index contributed by atoms with van der Waals surface area (Å²) in [5, 5.41) is 0.644. The molecule has 0 radical (unpaired) electrons. The van der Waals surface area contributed by atoms with Crippen molar-refractivity contribution in [1.29, 1.82) is 0 Å². The van der Waals surface area contributed by atoms with Crippen molar-refractivity contribution in [3.05, 3.63) is 261 Å². The monoisotopic (exact) mass is 1260 g/mol. The molecule has 4 unspecified atom stereocenters. The largest absolute Gasteiger partial charge is 0.494 e. The summed E-state index contributed by atoms with van der Waals surface area (Å²) in [6.07, 6.45) is 18.4. The van der Waals surface area contributed by atoms with Gasteiger partial charge in [-0.15, -0.1) is 11.8 Å². The van der Waals surface area contributed by atoms with Gasteiger partial charge in [-0.1, -0.05) is 187 Å². The number of unbranched alkanes of at least 4 members (excludes halogenated alkanes) is 2. The molecule has 7 heteroatoms. The maximum Gasteiger partial charge on any atom is 0.199 e. The molecule has 2 saturated heterocycles. The Morgan fingerprint density at radius 2 is 0.796 bits per heavy atom. The summed E-state index contributed by atoms with van der Waals surface area (Å²) in [7, 11) is 0. The van der Waals surface area contributed by atoms with Gasteiger partial charge >= 0.3 is 0 Å². The van der Waals surface area contributed by atoms with Crippen molar-refractivity contribution < 1.29 is 28.4 Å². The highest BCUT2D eigenvalue weighted by Crippen LogP contribution is 2.48. The number of aryl methyl sites for hydroxylation is 2. The minimum atomic E-state index is -0.167. The van der Waals surface area contributed by atoms with E-state index < -0.39 is 0 Å². The second-order valence-electron chi connectivity index (χ2n) is 28.2. The van der Waals surface area contributed by atoms with E-state index in [2.05, 4.69) is 247 Å². The van der Waals surface area contributed by atoms with Gasteiger partial charge in [-0.2, -0.15) is 0 Å². The SMILES string of the molecule is CC(C)(C)c1ccc(C(CCCCOc2ccc(C3=C(c4ccccc4)CCCc4cc(OC5CCCCO5)ccc43)cc2)SC(CCCCOc2ccc(C3=C(c4ccccc4)CCCc4cc(OC5CCCCO5)ccc43)cc2)c2ccc(C(C)(C)C)cc2)cc1. The fraction of sp³-hybridized carbons (Fsp3) is 0.395. The number of thioether (sulfide) groups is 1. The number of fused-ring (bicyclic) bond motifs is 2. The Labute approximate surface area is 560 Å². The Morgan fingerprint density at radius 3 is 1.17 bits per heavy atom. The molecule has 2 aliphatic carbocycles. The van der Waals surface area contributed by atoms with Crippen LogP contribution in [0.5, 0.6) is 23.0 Å². The van der Waals surface area contributed by atoms with E-state index >= 15 is 0 Å². The molecule has 12 rings (SSSR count). The van der Waals surface area contributed by atoms with Crippen molar-refractivity contribution in [2.45, 2.75) is 191 Å². The molecule has 0 aromatic heterocycles. The van der Waals surface area contributed by atoms with Crippen molar-refractivity contribution >= 4 is 34.1 Å². The number of ether oxygens (including phenoxy) is 6. The first-order valence-corrected chi connectivity index (χ1v) is 36.0. The Morgan fingerprint density at radius 1 is 0.398 bits per heavy atom. The number of rotatable bonds is 24. The van der Waals surface area contributed by atoms with Crippen LogP contribution in [0.3, 0.4) is 0 Å². The highest BCUT2D eigenvalue weighted by molar-refractivity contribution is 7.99. The molecule has 8 aromatic rings. The maximum absolute atomic E-state index is 6.60. The first kappa shape index (κ1) is 65.8. The fourth-order valence-corrected chi connectivity index (χ4v) is 15.6. The van der Waals surface area contributed by atoms with Crippen molar-refractivity contribution in [2.75, 3.05) is 26.4 Å². The van der Waals surface area contributed by atoms with Crippen molar-refractivity contribution in [2.24, 2.45) is 0 Å². The van der Waals surface area contributed by atoms with Gasteiger partial charge in [-0.25, -0.2) is 0 Å². The molecule has 8 aromatic carbocycles. The highest BCUT2D eigenvalue weighted by Gasteiger charge is 2.27. The third-order valence-corrected chi connectivity index (χ3v) is 20.9.